The SMILES string of the molecule is COc1cccc(O)c1[C@H]1c2nc[nH]c2CCN1CCCSC. The predicted molar refractivity (Wildman–Crippen MR) is 93.4 cm³/mol. The van der Waals surface area contributed by atoms with Gasteiger partial charge in [0.2, 0.25) is 0 Å². The number of ether oxygens (including phenoxy) is 1. The average molecular weight is 333 g/mol. The van der Waals surface area contributed by atoms with Gasteiger partial charge in [0.25, 0.3) is 0 Å². The maximum atomic E-state index is 10.5. The first-order valence-corrected chi connectivity index (χ1v) is 9.26. The Hall–Kier alpha value is -1.66. The van der Waals surface area contributed by atoms with E-state index in [0.717, 1.165) is 48.6 Å². The molecule has 0 saturated heterocycles. The molecule has 2 aromatic rings. The van der Waals surface area contributed by atoms with Crippen molar-refractivity contribution in [3.05, 3.63) is 41.5 Å². The van der Waals surface area contributed by atoms with E-state index in [1.54, 1.807) is 19.5 Å². The standard InChI is InChI=1S/C17H23N3O2S/c1-22-14-6-3-5-13(21)15(14)17-16-12(18-11-19-16)7-9-20(17)8-4-10-23-2/h3,5-6,11,17,21H,4,7-10H2,1-2H3,(H,18,19)/t17-/m0/s1. The Morgan fingerprint density at radius 1 is 1.48 bits per heavy atom. The summed E-state index contributed by atoms with van der Waals surface area (Å²) < 4.78 is 5.52. The lowest BCUT2D eigenvalue weighted by Gasteiger charge is -2.36. The van der Waals surface area contributed by atoms with Crippen LogP contribution in [0.5, 0.6) is 11.5 Å². The average Bonchev–Trinajstić information content (AvgIpc) is 3.04. The number of benzene rings is 1. The number of rotatable bonds is 6. The number of imidazole rings is 1. The first-order chi connectivity index (χ1) is 11.3. The molecule has 2 heterocycles. The number of aromatic hydroxyl groups is 1. The maximum Gasteiger partial charge on any atom is 0.127 e. The third-order valence-electron chi connectivity index (χ3n) is 4.36. The largest absolute Gasteiger partial charge is 0.507 e. The number of methoxy groups -OCH3 is 1. The van der Waals surface area contributed by atoms with Crippen LogP contribution in [-0.4, -0.2) is 52.2 Å². The Bertz CT molecular complexity index is 659. The third-order valence-corrected chi connectivity index (χ3v) is 5.05. The van der Waals surface area contributed by atoms with Crippen LogP contribution in [-0.2, 0) is 6.42 Å². The van der Waals surface area contributed by atoms with Gasteiger partial charge in [-0.05, 0) is 37.1 Å². The molecule has 5 nitrogen and oxygen atoms in total. The molecular formula is C17H23N3O2S. The number of nitrogens with zero attached hydrogens (tertiary/aromatic N) is 2. The molecule has 1 atom stereocenters. The van der Waals surface area contributed by atoms with Gasteiger partial charge in [-0.2, -0.15) is 11.8 Å². The van der Waals surface area contributed by atoms with E-state index >= 15 is 0 Å². The number of fused-ring (bicyclic) bond motifs is 1. The Labute approximate surface area is 141 Å². The highest BCUT2D eigenvalue weighted by Crippen LogP contribution is 2.42. The van der Waals surface area contributed by atoms with Crippen LogP contribution in [0.4, 0.5) is 0 Å². The maximum absolute atomic E-state index is 10.5. The predicted octanol–water partition coefficient (Wildman–Crippen LogP) is 2.82. The second-order valence-electron chi connectivity index (χ2n) is 5.69. The molecule has 1 aromatic heterocycles. The highest BCUT2D eigenvalue weighted by Gasteiger charge is 2.34. The fraction of sp³-hybridized carbons (Fsp3) is 0.471. The Morgan fingerprint density at radius 3 is 3.13 bits per heavy atom. The zero-order chi connectivity index (χ0) is 16.2. The summed E-state index contributed by atoms with van der Waals surface area (Å²) >= 11 is 1.86. The number of hydrogen-bond donors (Lipinski definition) is 2. The molecule has 23 heavy (non-hydrogen) atoms. The van der Waals surface area contributed by atoms with Gasteiger partial charge >= 0.3 is 0 Å². The second kappa shape index (κ2) is 7.27. The molecule has 0 saturated carbocycles. The molecule has 2 N–H and O–H groups in total. The van der Waals surface area contributed by atoms with Gasteiger partial charge in [-0.1, -0.05) is 6.07 Å². The van der Waals surface area contributed by atoms with Gasteiger partial charge in [-0.3, -0.25) is 4.90 Å². The fourth-order valence-corrected chi connectivity index (χ4v) is 3.70. The van der Waals surface area contributed by atoms with Crippen molar-refractivity contribution in [2.45, 2.75) is 18.9 Å². The highest BCUT2D eigenvalue weighted by atomic mass is 32.2. The van der Waals surface area contributed by atoms with E-state index in [1.807, 2.05) is 23.9 Å². The van der Waals surface area contributed by atoms with Gasteiger partial charge in [0.1, 0.15) is 11.5 Å². The van der Waals surface area contributed by atoms with E-state index in [4.69, 9.17) is 4.74 Å². The molecule has 1 aliphatic rings. The molecule has 0 aliphatic carbocycles. The molecule has 0 spiro atoms. The smallest absolute Gasteiger partial charge is 0.127 e. The fourth-order valence-electron chi connectivity index (χ4n) is 3.28. The van der Waals surface area contributed by atoms with Gasteiger partial charge < -0.3 is 14.8 Å². The zero-order valence-electron chi connectivity index (χ0n) is 13.6. The lowest BCUT2D eigenvalue weighted by atomic mass is 9.94. The van der Waals surface area contributed by atoms with Crippen LogP contribution < -0.4 is 4.74 Å². The number of aromatic amines is 1. The van der Waals surface area contributed by atoms with E-state index in [1.165, 1.54) is 0 Å². The molecule has 124 valence electrons. The van der Waals surface area contributed by atoms with Crippen LogP contribution in [0.1, 0.15) is 29.4 Å². The summed E-state index contributed by atoms with van der Waals surface area (Å²) in [7, 11) is 1.64. The minimum atomic E-state index is -0.0667. The molecule has 1 aliphatic heterocycles. The summed E-state index contributed by atoms with van der Waals surface area (Å²) in [6, 6.07) is 5.36. The summed E-state index contributed by atoms with van der Waals surface area (Å²) in [6.07, 6.45) is 5.95. The van der Waals surface area contributed by atoms with Crippen LogP contribution >= 0.6 is 11.8 Å². The first-order valence-electron chi connectivity index (χ1n) is 7.87. The van der Waals surface area contributed by atoms with Crippen LogP contribution in [0, 0.1) is 0 Å². The summed E-state index contributed by atoms with van der Waals surface area (Å²) in [5.74, 6) is 2.11. The van der Waals surface area contributed by atoms with Crippen molar-refractivity contribution in [3.63, 3.8) is 0 Å². The Kier molecular flexibility index (Phi) is 5.13. The lowest BCUT2D eigenvalue weighted by Crippen LogP contribution is -2.37. The summed E-state index contributed by atoms with van der Waals surface area (Å²) in [5, 5.41) is 10.5. The van der Waals surface area contributed by atoms with E-state index in [0.29, 0.717) is 5.75 Å². The van der Waals surface area contributed by atoms with Crippen molar-refractivity contribution in [3.8, 4) is 11.5 Å². The molecule has 0 radical (unpaired) electrons. The van der Waals surface area contributed by atoms with Crippen molar-refractivity contribution < 1.29 is 9.84 Å². The van der Waals surface area contributed by atoms with Crippen LogP contribution in [0.25, 0.3) is 0 Å². The molecule has 3 rings (SSSR count). The number of thioether (sulfide) groups is 1. The minimum Gasteiger partial charge on any atom is -0.507 e. The van der Waals surface area contributed by atoms with Crippen molar-refractivity contribution in [2.75, 3.05) is 32.2 Å². The monoisotopic (exact) mass is 333 g/mol. The molecule has 0 bridgehead atoms. The van der Waals surface area contributed by atoms with E-state index < -0.39 is 0 Å². The highest BCUT2D eigenvalue weighted by molar-refractivity contribution is 7.98. The molecule has 6 heteroatoms. The number of aromatic nitrogens is 2. The van der Waals surface area contributed by atoms with E-state index in [2.05, 4.69) is 21.1 Å². The first kappa shape index (κ1) is 16.2. The Balaban J connectivity index is 2.01. The number of phenols is 1. The number of nitrogens with one attached hydrogen (secondary N) is 1. The van der Waals surface area contributed by atoms with Gasteiger partial charge in [-0.25, -0.2) is 4.98 Å². The molecule has 0 amide bonds. The molecule has 1 aromatic carbocycles. The molecule has 0 unspecified atom stereocenters. The third kappa shape index (κ3) is 3.19. The van der Waals surface area contributed by atoms with E-state index in [9.17, 15) is 5.11 Å². The summed E-state index contributed by atoms with van der Waals surface area (Å²) in [4.78, 5) is 10.2. The van der Waals surface area contributed by atoms with Crippen molar-refractivity contribution >= 4 is 11.8 Å². The van der Waals surface area contributed by atoms with E-state index in [-0.39, 0.29) is 11.8 Å². The van der Waals surface area contributed by atoms with Crippen molar-refractivity contribution in [1.82, 2.24) is 14.9 Å². The number of hydrogen-bond acceptors (Lipinski definition) is 5. The second-order valence-corrected chi connectivity index (χ2v) is 6.68. The van der Waals surface area contributed by atoms with Crippen molar-refractivity contribution in [1.29, 1.82) is 0 Å². The number of phenolic OH excluding ortho intramolecular Hbond substituents is 1. The topological polar surface area (TPSA) is 61.4 Å². The van der Waals surface area contributed by atoms with Crippen LogP contribution in [0.2, 0.25) is 0 Å². The molecule has 0 fully saturated rings. The normalized spacial score (nSPS) is 17.9. The number of H-pyrrole nitrogens is 1. The van der Waals surface area contributed by atoms with Crippen LogP contribution in [0.3, 0.4) is 0 Å². The minimum absolute atomic E-state index is 0.0667. The lowest BCUT2D eigenvalue weighted by molar-refractivity contribution is 0.203. The zero-order valence-corrected chi connectivity index (χ0v) is 14.4. The van der Waals surface area contributed by atoms with Gasteiger partial charge in [0.05, 0.1) is 30.7 Å². The van der Waals surface area contributed by atoms with Gasteiger partial charge in [0, 0.05) is 18.7 Å². The van der Waals surface area contributed by atoms with Gasteiger partial charge in [0.15, 0.2) is 0 Å². The summed E-state index contributed by atoms with van der Waals surface area (Å²) in [5.41, 5.74) is 2.97. The quantitative estimate of drug-likeness (QED) is 0.796. The van der Waals surface area contributed by atoms with Crippen molar-refractivity contribution in [2.24, 2.45) is 0 Å². The van der Waals surface area contributed by atoms with Gasteiger partial charge in [-0.15, -0.1) is 0 Å². The van der Waals surface area contributed by atoms with Crippen LogP contribution in [0.15, 0.2) is 24.5 Å². The molecular weight excluding hydrogens is 310 g/mol. The Morgan fingerprint density at radius 2 is 2.35 bits per heavy atom. The summed E-state index contributed by atoms with van der Waals surface area (Å²) in [6.45, 7) is 1.93.